The van der Waals surface area contributed by atoms with E-state index >= 15 is 0 Å². The molecule has 0 bridgehead atoms. The van der Waals surface area contributed by atoms with Gasteiger partial charge in [0.2, 0.25) is 0 Å². The molecule has 2 heteroatoms. The van der Waals surface area contributed by atoms with Crippen LogP contribution in [0, 0.1) is 0 Å². The highest BCUT2D eigenvalue weighted by atomic mass is 32.0. The lowest BCUT2D eigenvalue weighted by atomic mass is 10.4. The molecule has 0 saturated carbocycles. The minimum absolute atomic E-state index is 1.34. The first-order valence-corrected chi connectivity index (χ1v) is 7.37. The van der Waals surface area contributed by atoms with Gasteiger partial charge in [0.15, 0.2) is 0 Å². The largest absolute Gasteiger partial charge is 0.0992 e. The van der Waals surface area contributed by atoms with Crippen LogP contribution in [0.4, 0.5) is 0 Å². The van der Waals surface area contributed by atoms with E-state index in [1.165, 1.54) is 23.0 Å². The molecule has 0 aromatic heterocycles. The van der Waals surface area contributed by atoms with Gasteiger partial charge in [0.1, 0.15) is 0 Å². The second kappa shape index (κ2) is 6.77. The van der Waals surface area contributed by atoms with Gasteiger partial charge >= 0.3 is 0 Å². The maximum Gasteiger partial charge on any atom is -0.0313 e. The number of benzene rings is 1. The standard InChI is InChI=1S/C6H6.C3H8P2/c1-2-4-6-5-3-1;1-2-4-5-3-1/h1-6H;4-5H,1-3H2. The maximum absolute atomic E-state index is 2.00. The van der Waals surface area contributed by atoms with Crippen LogP contribution in [0.15, 0.2) is 36.4 Å². The van der Waals surface area contributed by atoms with E-state index in [9.17, 15) is 0 Å². The van der Waals surface area contributed by atoms with Crippen molar-refractivity contribution in [2.24, 2.45) is 0 Å². The Labute approximate surface area is 72.3 Å². The van der Waals surface area contributed by atoms with Crippen LogP contribution in [0.3, 0.4) is 0 Å². The fourth-order valence-electron chi connectivity index (χ4n) is 0.827. The van der Waals surface area contributed by atoms with Crippen LogP contribution in [0.2, 0.25) is 0 Å². The minimum atomic E-state index is 1.34. The van der Waals surface area contributed by atoms with Crippen molar-refractivity contribution in [3.8, 4) is 0 Å². The molecule has 60 valence electrons. The zero-order valence-corrected chi connectivity index (χ0v) is 8.59. The predicted molar refractivity (Wildman–Crippen MR) is 57.4 cm³/mol. The average molecular weight is 184 g/mol. The predicted octanol–water partition coefficient (Wildman–Crippen LogP) is 3.35. The third-order valence-electron chi connectivity index (χ3n) is 1.40. The fourth-order valence-corrected chi connectivity index (χ4v) is 4.36. The normalized spacial score (nSPS) is 19.6. The molecule has 1 saturated heterocycles. The SMILES string of the molecule is C1CPPC1.c1ccccc1. The van der Waals surface area contributed by atoms with Crippen LogP contribution < -0.4 is 0 Å². The number of hydrogen-bond acceptors (Lipinski definition) is 0. The van der Waals surface area contributed by atoms with Gasteiger partial charge in [-0.2, -0.15) is 0 Å². The summed E-state index contributed by atoms with van der Waals surface area (Å²) in [7, 11) is 2.67. The molecular weight excluding hydrogens is 170 g/mol. The molecule has 1 aliphatic heterocycles. The summed E-state index contributed by atoms with van der Waals surface area (Å²) in [5.41, 5.74) is 0. The molecular formula is C9H14P2. The molecule has 0 amide bonds. The van der Waals surface area contributed by atoms with E-state index in [0.29, 0.717) is 0 Å². The first kappa shape index (κ1) is 9.17. The highest BCUT2D eigenvalue weighted by Gasteiger charge is 1.94. The smallest absolute Gasteiger partial charge is 0.0313 e. The summed E-state index contributed by atoms with van der Waals surface area (Å²) in [6, 6.07) is 12.0. The molecule has 2 unspecified atom stereocenters. The van der Waals surface area contributed by atoms with Crippen molar-refractivity contribution >= 4 is 16.5 Å². The van der Waals surface area contributed by atoms with E-state index in [2.05, 4.69) is 0 Å². The van der Waals surface area contributed by atoms with E-state index in [4.69, 9.17) is 0 Å². The monoisotopic (exact) mass is 184 g/mol. The first-order valence-electron chi connectivity index (χ1n) is 3.96. The molecule has 0 N–H and O–H groups in total. The summed E-state index contributed by atoms with van der Waals surface area (Å²) >= 11 is 0. The highest BCUT2D eigenvalue weighted by Crippen LogP contribution is 2.43. The Balaban J connectivity index is 0.000000112. The van der Waals surface area contributed by atoms with Crippen LogP contribution >= 0.6 is 16.5 Å². The van der Waals surface area contributed by atoms with Crippen molar-refractivity contribution in [3.05, 3.63) is 36.4 Å². The summed E-state index contributed by atoms with van der Waals surface area (Å²) in [6.07, 6.45) is 4.60. The summed E-state index contributed by atoms with van der Waals surface area (Å²) in [4.78, 5) is 0. The van der Waals surface area contributed by atoms with Gasteiger partial charge in [-0.3, -0.25) is 0 Å². The van der Waals surface area contributed by atoms with Crippen molar-refractivity contribution in [2.45, 2.75) is 6.42 Å². The Bertz CT molecular complexity index is 124. The van der Waals surface area contributed by atoms with Crippen molar-refractivity contribution in [1.82, 2.24) is 0 Å². The van der Waals surface area contributed by atoms with Gasteiger partial charge in [0.05, 0.1) is 0 Å². The maximum atomic E-state index is 2.00. The van der Waals surface area contributed by atoms with E-state index in [0.717, 1.165) is 0 Å². The third kappa shape index (κ3) is 5.36. The molecule has 1 aromatic rings. The molecule has 2 rings (SSSR count). The Hall–Kier alpha value is 0.0800. The van der Waals surface area contributed by atoms with E-state index in [-0.39, 0.29) is 0 Å². The topological polar surface area (TPSA) is 0 Å². The van der Waals surface area contributed by atoms with Crippen LogP contribution in [-0.2, 0) is 0 Å². The van der Waals surface area contributed by atoms with Crippen molar-refractivity contribution in [2.75, 3.05) is 12.3 Å². The lowest BCUT2D eigenvalue weighted by molar-refractivity contribution is 1.14. The Morgan fingerprint density at radius 3 is 1.18 bits per heavy atom. The molecule has 0 aliphatic carbocycles. The molecule has 0 nitrogen and oxygen atoms in total. The van der Waals surface area contributed by atoms with Crippen LogP contribution in [0.1, 0.15) is 6.42 Å². The fraction of sp³-hybridized carbons (Fsp3) is 0.333. The van der Waals surface area contributed by atoms with E-state index in [1.807, 2.05) is 36.4 Å². The summed E-state index contributed by atoms with van der Waals surface area (Å²) in [6.45, 7) is 0. The number of rotatable bonds is 0. The Kier molecular flexibility index (Phi) is 5.64. The molecule has 1 aromatic carbocycles. The molecule has 0 radical (unpaired) electrons. The van der Waals surface area contributed by atoms with Crippen molar-refractivity contribution in [3.63, 3.8) is 0 Å². The van der Waals surface area contributed by atoms with E-state index < -0.39 is 0 Å². The van der Waals surface area contributed by atoms with Gasteiger partial charge in [0, 0.05) is 0 Å². The molecule has 0 spiro atoms. The molecule has 2 atom stereocenters. The van der Waals surface area contributed by atoms with Gasteiger partial charge in [-0.15, -0.1) is 0 Å². The first-order chi connectivity index (χ1) is 5.50. The van der Waals surface area contributed by atoms with Gasteiger partial charge < -0.3 is 0 Å². The highest BCUT2D eigenvalue weighted by molar-refractivity contribution is 8.12. The lowest BCUT2D eigenvalue weighted by Gasteiger charge is -1.70. The van der Waals surface area contributed by atoms with Crippen LogP contribution in [0.25, 0.3) is 0 Å². The zero-order chi connectivity index (χ0) is 7.78. The summed E-state index contributed by atoms with van der Waals surface area (Å²) in [5, 5.41) is 0. The summed E-state index contributed by atoms with van der Waals surface area (Å²) in [5.74, 6) is 0. The van der Waals surface area contributed by atoms with E-state index in [1.54, 1.807) is 12.3 Å². The minimum Gasteiger partial charge on any atom is -0.0992 e. The lowest BCUT2D eigenvalue weighted by Crippen LogP contribution is -1.62. The molecule has 1 heterocycles. The molecule has 11 heavy (non-hydrogen) atoms. The van der Waals surface area contributed by atoms with Crippen LogP contribution in [-0.4, -0.2) is 12.3 Å². The molecule has 1 fully saturated rings. The van der Waals surface area contributed by atoms with Gasteiger partial charge in [0.25, 0.3) is 0 Å². The Morgan fingerprint density at radius 2 is 1.00 bits per heavy atom. The van der Waals surface area contributed by atoms with Gasteiger partial charge in [-0.1, -0.05) is 52.9 Å². The van der Waals surface area contributed by atoms with Crippen molar-refractivity contribution in [1.29, 1.82) is 0 Å². The average Bonchev–Trinajstić information content (AvgIpc) is 2.64. The van der Waals surface area contributed by atoms with Gasteiger partial charge in [-0.05, 0) is 18.7 Å². The third-order valence-corrected chi connectivity index (χ3v) is 5.10. The zero-order valence-electron chi connectivity index (χ0n) is 6.59. The summed E-state index contributed by atoms with van der Waals surface area (Å²) < 4.78 is 0. The van der Waals surface area contributed by atoms with Crippen molar-refractivity contribution < 1.29 is 0 Å². The second-order valence-corrected chi connectivity index (χ2v) is 6.19. The molecule has 1 aliphatic rings. The quantitative estimate of drug-likeness (QED) is 0.542. The Morgan fingerprint density at radius 1 is 0.636 bits per heavy atom. The van der Waals surface area contributed by atoms with Gasteiger partial charge in [-0.25, -0.2) is 0 Å². The second-order valence-electron chi connectivity index (χ2n) is 2.36. The number of hydrogen-bond donors (Lipinski definition) is 0. The van der Waals surface area contributed by atoms with Crippen LogP contribution in [0.5, 0.6) is 0 Å².